The topological polar surface area (TPSA) is 162 Å². The zero-order valence-corrected chi connectivity index (χ0v) is 29.0. The highest BCUT2D eigenvalue weighted by Gasteiger charge is 2.50. The largest absolute Gasteiger partial charge is 0.497 e. The van der Waals surface area contributed by atoms with E-state index in [-0.39, 0.29) is 31.8 Å². The molecule has 0 saturated carbocycles. The van der Waals surface area contributed by atoms with Gasteiger partial charge in [-0.25, -0.2) is 4.79 Å². The van der Waals surface area contributed by atoms with Gasteiger partial charge in [0.15, 0.2) is 5.78 Å². The zero-order valence-electron chi connectivity index (χ0n) is 29.0. The van der Waals surface area contributed by atoms with Crippen molar-refractivity contribution < 1.29 is 42.9 Å². The van der Waals surface area contributed by atoms with Crippen LogP contribution in [0.25, 0.3) is 0 Å². The number of carbonyl (C=O) groups is 5. The summed E-state index contributed by atoms with van der Waals surface area (Å²) >= 11 is 0. The summed E-state index contributed by atoms with van der Waals surface area (Å²) in [7, 11) is 1.53. The second kappa shape index (κ2) is 16.9. The van der Waals surface area contributed by atoms with E-state index in [1.54, 1.807) is 76.2 Å². The van der Waals surface area contributed by atoms with E-state index in [4.69, 9.17) is 18.9 Å². The molecule has 0 radical (unpaired) electrons. The van der Waals surface area contributed by atoms with Gasteiger partial charge in [-0.1, -0.05) is 72.8 Å². The SMILES string of the molecule is COc1ccc(C[C@H](NC(=O)[C@@H](CC(=O)OC(C)(C)C)NC(=O)OCc2ccccc2)C(=O)N[C@@H](Cc2ccccc2)C(=O)[C@@]2(C)CO2)cc1. The molecule has 0 bridgehead atoms. The molecule has 0 spiro atoms. The number of amides is 3. The lowest BCUT2D eigenvalue weighted by molar-refractivity contribution is -0.156. The van der Waals surface area contributed by atoms with Crippen molar-refractivity contribution in [1.82, 2.24) is 16.0 Å². The summed E-state index contributed by atoms with van der Waals surface area (Å²) in [6.07, 6.45) is -1.27. The first-order valence-electron chi connectivity index (χ1n) is 16.4. The van der Waals surface area contributed by atoms with Crippen molar-refractivity contribution >= 4 is 29.7 Å². The van der Waals surface area contributed by atoms with Gasteiger partial charge in [0.25, 0.3) is 0 Å². The molecule has 3 aromatic rings. The fourth-order valence-electron chi connectivity index (χ4n) is 5.10. The quantitative estimate of drug-likeness (QED) is 0.150. The van der Waals surface area contributed by atoms with Crippen LogP contribution in [0.15, 0.2) is 84.9 Å². The number of carbonyl (C=O) groups excluding carboxylic acids is 5. The molecule has 0 aliphatic carbocycles. The maximum Gasteiger partial charge on any atom is 0.408 e. The molecule has 3 aromatic carbocycles. The van der Waals surface area contributed by atoms with Gasteiger partial charge >= 0.3 is 12.1 Å². The van der Waals surface area contributed by atoms with Crippen molar-refractivity contribution in [2.24, 2.45) is 0 Å². The minimum absolute atomic E-state index is 0.0131. The normalized spacial score (nSPS) is 16.9. The van der Waals surface area contributed by atoms with E-state index in [9.17, 15) is 24.0 Å². The number of epoxide rings is 1. The fraction of sp³-hybridized carbons (Fsp3) is 0.395. The third-order valence-electron chi connectivity index (χ3n) is 7.86. The standard InChI is InChI=1S/C38H45N3O9/c1-37(2,3)50-32(42)22-31(41-36(46)48-23-27-14-10-7-11-15-27)35(45)40-30(21-26-16-18-28(47-5)19-17-26)34(44)39-29(33(43)38(4)24-49-38)20-25-12-8-6-9-13-25/h6-19,29-31H,20-24H2,1-5H3,(H,39,44)(H,40,45)(H,41,46)/t29-,30-,31+,38+/m0/s1. The van der Waals surface area contributed by atoms with Crippen LogP contribution in [0.5, 0.6) is 5.75 Å². The number of rotatable bonds is 16. The Balaban J connectivity index is 1.57. The average Bonchev–Trinajstić information content (AvgIpc) is 3.84. The summed E-state index contributed by atoms with van der Waals surface area (Å²) in [5.74, 6) is -1.92. The van der Waals surface area contributed by atoms with Gasteiger partial charge in [-0.05, 0) is 62.9 Å². The van der Waals surface area contributed by atoms with Crippen LogP contribution in [0.3, 0.4) is 0 Å². The minimum Gasteiger partial charge on any atom is -0.497 e. The van der Waals surface area contributed by atoms with Crippen LogP contribution in [-0.4, -0.2) is 72.7 Å². The summed E-state index contributed by atoms with van der Waals surface area (Å²) in [6.45, 7) is 6.86. The lowest BCUT2D eigenvalue weighted by atomic mass is 9.94. The molecule has 0 aromatic heterocycles. The van der Waals surface area contributed by atoms with Crippen LogP contribution >= 0.6 is 0 Å². The molecule has 1 saturated heterocycles. The Morgan fingerprint density at radius 2 is 1.26 bits per heavy atom. The molecule has 1 fully saturated rings. The van der Waals surface area contributed by atoms with E-state index in [2.05, 4.69) is 16.0 Å². The van der Waals surface area contributed by atoms with Crippen molar-refractivity contribution in [3.05, 3.63) is 102 Å². The van der Waals surface area contributed by atoms with E-state index < -0.39 is 59.6 Å². The summed E-state index contributed by atoms with van der Waals surface area (Å²) in [5, 5.41) is 7.99. The van der Waals surface area contributed by atoms with Crippen molar-refractivity contribution in [3.63, 3.8) is 0 Å². The molecule has 1 aliphatic heterocycles. The zero-order chi connectivity index (χ0) is 36.3. The molecule has 4 rings (SSSR count). The van der Waals surface area contributed by atoms with Crippen LogP contribution in [0.4, 0.5) is 4.79 Å². The van der Waals surface area contributed by atoms with Crippen LogP contribution < -0.4 is 20.7 Å². The summed E-state index contributed by atoms with van der Waals surface area (Å²) < 4.78 is 21.4. The first-order valence-corrected chi connectivity index (χ1v) is 16.4. The molecule has 12 heteroatoms. The molecule has 0 unspecified atom stereocenters. The first kappa shape index (κ1) is 37.6. The molecule has 266 valence electrons. The summed E-state index contributed by atoms with van der Waals surface area (Å²) in [5.41, 5.74) is 0.335. The van der Waals surface area contributed by atoms with Crippen LogP contribution in [-0.2, 0) is 52.8 Å². The number of ether oxygens (including phenoxy) is 4. The number of methoxy groups -OCH3 is 1. The Kier molecular flexibility index (Phi) is 12.7. The Labute approximate surface area is 292 Å². The molecule has 1 heterocycles. The van der Waals surface area contributed by atoms with Crippen LogP contribution in [0, 0.1) is 0 Å². The fourth-order valence-corrected chi connectivity index (χ4v) is 5.10. The smallest absolute Gasteiger partial charge is 0.408 e. The molecule has 4 atom stereocenters. The number of Topliss-reactive ketones (excluding diaryl/α,β-unsaturated/α-hetero) is 1. The molecule has 3 N–H and O–H groups in total. The van der Waals surface area contributed by atoms with E-state index in [0.717, 1.165) is 11.1 Å². The van der Waals surface area contributed by atoms with E-state index in [1.807, 2.05) is 36.4 Å². The lowest BCUT2D eigenvalue weighted by Gasteiger charge is -2.26. The highest BCUT2D eigenvalue weighted by atomic mass is 16.6. The highest BCUT2D eigenvalue weighted by molar-refractivity contribution is 5.99. The van der Waals surface area contributed by atoms with Gasteiger partial charge in [0.05, 0.1) is 26.2 Å². The number of ketones is 1. The molecule has 50 heavy (non-hydrogen) atoms. The molecule has 12 nitrogen and oxygen atoms in total. The van der Waals surface area contributed by atoms with E-state index in [0.29, 0.717) is 11.3 Å². The van der Waals surface area contributed by atoms with Crippen LogP contribution in [0.1, 0.15) is 50.8 Å². The minimum atomic E-state index is -1.46. The number of esters is 1. The van der Waals surface area contributed by atoms with Gasteiger partial charge < -0.3 is 34.9 Å². The predicted molar refractivity (Wildman–Crippen MR) is 184 cm³/mol. The summed E-state index contributed by atoms with van der Waals surface area (Å²) in [6, 6.07) is 21.4. The number of hydrogen-bond donors (Lipinski definition) is 3. The van der Waals surface area contributed by atoms with Gasteiger partial charge in [-0.15, -0.1) is 0 Å². The van der Waals surface area contributed by atoms with Crippen molar-refractivity contribution in [1.29, 1.82) is 0 Å². The maximum absolute atomic E-state index is 14.0. The first-order chi connectivity index (χ1) is 23.7. The van der Waals surface area contributed by atoms with Gasteiger partial charge in [-0.2, -0.15) is 0 Å². The highest BCUT2D eigenvalue weighted by Crippen LogP contribution is 2.29. The Morgan fingerprint density at radius 3 is 1.82 bits per heavy atom. The predicted octanol–water partition coefficient (Wildman–Crippen LogP) is 3.83. The van der Waals surface area contributed by atoms with Gasteiger partial charge in [0.2, 0.25) is 11.8 Å². The van der Waals surface area contributed by atoms with E-state index in [1.165, 1.54) is 7.11 Å². The molecule has 3 amide bonds. The second-order valence-corrected chi connectivity index (χ2v) is 13.3. The molecular formula is C38H45N3O9. The number of alkyl carbamates (subject to hydrolysis) is 1. The van der Waals surface area contributed by atoms with Crippen molar-refractivity contribution in [2.45, 2.75) is 82.9 Å². The summed E-state index contributed by atoms with van der Waals surface area (Å²) in [4.78, 5) is 67.1. The van der Waals surface area contributed by atoms with Crippen molar-refractivity contribution in [3.8, 4) is 5.75 Å². The van der Waals surface area contributed by atoms with Gasteiger partial charge in [0.1, 0.15) is 35.6 Å². The molecular weight excluding hydrogens is 642 g/mol. The third-order valence-corrected chi connectivity index (χ3v) is 7.86. The Hall–Kier alpha value is -5.23. The monoisotopic (exact) mass is 687 g/mol. The number of hydrogen-bond acceptors (Lipinski definition) is 9. The van der Waals surface area contributed by atoms with E-state index >= 15 is 0 Å². The maximum atomic E-state index is 14.0. The lowest BCUT2D eigenvalue weighted by Crippen LogP contribution is -2.58. The second-order valence-electron chi connectivity index (χ2n) is 13.3. The van der Waals surface area contributed by atoms with Gasteiger partial charge in [0, 0.05) is 6.42 Å². The van der Waals surface area contributed by atoms with Crippen molar-refractivity contribution in [2.75, 3.05) is 13.7 Å². The number of benzene rings is 3. The molecule has 1 aliphatic rings. The van der Waals surface area contributed by atoms with Crippen LogP contribution in [0.2, 0.25) is 0 Å². The number of nitrogens with one attached hydrogen (secondary N) is 3. The average molecular weight is 688 g/mol. The van der Waals surface area contributed by atoms with Gasteiger partial charge in [-0.3, -0.25) is 19.2 Å². The Morgan fingerprint density at radius 1 is 0.740 bits per heavy atom. The Bertz CT molecular complexity index is 1620. The third kappa shape index (κ3) is 11.7.